The molecular weight excluding hydrogens is 300 g/mol. The third-order valence-electron chi connectivity index (χ3n) is 5.75. The Morgan fingerprint density at radius 2 is 1.86 bits per heavy atom. The van der Waals surface area contributed by atoms with Gasteiger partial charge in [0.25, 0.3) is 0 Å². The second-order valence-corrected chi connectivity index (χ2v) is 9.74. The monoisotopic (exact) mass is 328 g/mol. The van der Waals surface area contributed by atoms with Gasteiger partial charge in [-0.3, -0.25) is 4.79 Å². The highest BCUT2D eigenvalue weighted by Crippen LogP contribution is 2.42. The van der Waals surface area contributed by atoms with E-state index in [4.69, 9.17) is 0 Å². The molecule has 3 aliphatic rings. The van der Waals surface area contributed by atoms with Crippen LogP contribution >= 0.6 is 0 Å². The van der Waals surface area contributed by atoms with E-state index >= 15 is 0 Å². The summed E-state index contributed by atoms with van der Waals surface area (Å²) >= 11 is 0. The van der Waals surface area contributed by atoms with Crippen LogP contribution in [0.2, 0.25) is 0 Å². The lowest BCUT2D eigenvalue weighted by atomic mass is 9.77. The molecule has 1 atom stereocenters. The van der Waals surface area contributed by atoms with Crippen LogP contribution in [0.1, 0.15) is 44.9 Å². The van der Waals surface area contributed by atoms with Crippen molar-refractivity contribution in [3.05, 3.63) is 0 Å². The number of nitrogens with zero attached hydrogens (tertiary/aromatic N) is 2. The molecule has 6 heteroatoms. The molecule has 126 valence electrons. The van der Waals surface area contributed by atoms with Crippen LogP contribution in [0.3, 0.4) is 0 Å². The van der Waals surface area contributed by atoms with Gasteiger partial charge in [-0.2, -0.15) is 0 Å². The molecule has 2 aliphatic heterocycles. The first-order valence-electron chi connectivity index (χ1n) is 8.61. The smallest absolute Gasteiger partial charge is 0.230 e. The van der Waals surface area contributed by atoms with Crippen molar-refractivity contribution in [3.8, 4) is 0 Å². The van der Waals surface area contributed by atoms with E-state index in [1.54, 1.807) is 0 Å². The van der Waals surface area contributed by atoms with Gasteiger partial charge in [0.05, 0.1) is 11.2 Å². The van der Waals surface area contributed by atoms with Gasteiger partial charge < -0.3 is 9.80 Å². The molecule has 1 spiro atoms. The first kappa shape index (κ1) is 16.2. The number of hydrogen-bond acceptors (Lipinski definition) is 4. The highest BCUT2D eigenvalue weighted by molar-refractivity contribution is 7.90. The highest BCUT2D eigenvalue weighted by Gasteiger charge is 2.49. The molecule has 22 heavy (non-hydrogen) atoms. The van der Waals surface area contributed by atoms with Crippen LogP contribution in [0.4, 0.5) is 0 Å². The summed E-state index contributed by atoms with van der Waals surface area (Å²) in [7, 11) is -2.93. The minimum atomic E-state index is -2.93. The molecule has 1 saturated carbocycles. The quantitative estimate of drug-likeness (QED) is 0.780. The fourth-order valence-corrected chi connectivity index (χ4v) is 5.08. The number of hydrogen-bond donors (Lipinski definition) is 0. The zero-order valence-corrected chi connectivity index (χ0v) is 14.4. The van der Waals surface area contributed by atoms with Gasteiger partial charge in [0.15, 0.2) is 0 Å². The SMILES string of the molecule is CS(=O)(=O)CCN1CC[C@]2(CCCN(C3CCCC3)C2=O)C1. The van der Waals surface area contributed by atoms with Crippen LogP contribution < -0.4 is 0 Å². The lowest BCUT2D eigenvalue weighted by Crippen LogP contribution is -2.53. The number of piperidine rings is 1. The minimum absolute atomic E-state index is 0.198. The van der Waals surface area contributed by atoms with Crippen molar-refractivity contribution < 1.29 is 13.2 Å². The molecule has 0 radical (unpaired) electrons. The number of sulfone groups is 1. The molecule has 0 unspecified atom stereocenters. The molecule has 1 aliphatic carbocycles. The zero-order valence-electron chi connectivity index (χ0n) is 13.6. The van der Waals surface area contributed by atoms with Gasteiger partial charge in [-0.15, -0.1) is 0 Å². The summed E-state index contributed by atoms with van der Waals surface area (Å²) in [6, 6.07) is 0.467. The molecule has 2 saturated heterocycles. The highest BCUT2D eigenvalue weighted by atomic mass is 32.2. The summed E-state index contributed by atoms with van der Waals surface area (Å²) in [5.41, 5.74) is -0.224. The first-order chi connectivity index (χ1) is 10.4. The summed E-state index contributed by atoms with van der Waals surface area (Å²) in [6.07, 6.45) is 9.10. The first-order valence-corrected chi connectivity index (χ1v) is 10.7. The third kappa shape index (κ3) is 3.32. The standard InChI is InChI=1S/C16H28N2O3S/c1-22(20,21)12-11-17-10-8-16(13-17)7-4-9-18(15(16)19)14-5-2-3-6-14/h14H,2-13H2,1H3/t16-/m1/s1. The zero-order chi connectivity index (χ0) is 15.8. The maximum absolute atomic E-state index is 13.1. The van der Waals surface area contributed by atoms with Crippen LogP contribution in [0.25, 0.3) is 0 Å². The topological polar surface area (TPSA) is 57.7 Å². The molecule has 1 amide bonds. The van der Waals surface area contributed by atoms with Gasteiger partial charge in [0.1, 0.15) is 9.84 Å². The van der Waals surface area contributed by atoms with E-state index in [0.717, 1.165) is 38.9 Å². The van der Waals surface area contributed by atoms with Crippen molar-refractivity contribution >= 4 is 15.7 Å². The van der Waals surface area contributed by atoms with E-state index in [0.29, 0.717) is 18.5 Å². The normalized spacial score (nSPS) is 31.5. The van der Waals surface area contributed by atoms with Crippen molar-refractivity contribution in [2.45, 2.75) is 51.0 Å². The van der Waals surface area contributed by atoms with Crippen LogP contribution in [-0.4, -0.2) is 68.4 Å². The van der Waals surface area contributed by atoms with E-state index in [1.807, 2.05) is 0 Å². The Morgan fingerprint density at radius 1 is 1.14 bits per heavy atom. The van der Waals surface area contributed by atoms with Gasteiger partial charge in [-0.05, 0) is 38.6 Å². The van der Waals surface area contributed by atoms with E-state index in [-0.39, 0.29) is 11.2 Å². The molecule has 0 aromatic carbocycles. The molecule has 5 nitrogen and oxygen atoms in total. The van der Waals surface area contributed by atoms with Crippen LogP contribution in [0.5, 0.6) is 0 Å². The Kier molecular flexibility index (Phi) is 4.52. The molecule has 0 bridgehead atoms. The Hall–Kier alpha value is -0.620. The van der Waals surface area contributed by atoms with Gasteiger partial charge in [0, 0.05) is 31.9 Å². The number of carbonyl (C=O) groups excluding carboxylic acids is 1. The van der Waals surface area contributed by atoms with Crippen molar-refractivity contribution in [1.82, 2.24) is 9.80 Å². The number of likely N-dealkylation sites (tertiary alicyclic amines) is 2. The number of amides is 1. The summed E-state index contributed by atoms with van der Waals surface area (Å²) in [5.74, 6) is 0.552. The van der Waals surface area contributed by atoms with E-state index < -0.39 is 9.84 Å². The fourth-order valence-electron chi connectivity index (χ4n) is 4.49. The molecular formula is C16H28N2O3S. The third-order valence-corrected chi connectivity index (χ3v) is 6.67. The van der Waals surface area contributed by atoms with Gasteiger partial charge in [0.2, 0.25) is 5.91 Å². The second-order valence-electron chi connectivity index (χ2n) is 7.48. The second kappa shape index (κ2) is 6.11. The Balaban J connectivity index is 1.64. The van der Waals surface area contributed by atoms with Crippen molar-refractivity contribution in [2.75, 3.05) is 38.2 Å². The lowest BCUT2D eigenvalue weighted by Gasteiger charge is -2.42. The Bertz CT molecular complexity index is 528. The summed E-state index contributed by atoms with van der Waals surface area (Å²) in [4.78, 5) is 17.4. The average Bonchev–Trinajstić information content (AvgIpc) is 3.10. The minimum Gasteiger partial charge on any atom is -0.339 e. The van der Waals surface area contributed by atoms with E-state index in [1.165, 1.54) is 31.9 Å². The largest absolute Gasteiger partial charge is 0.339 e. The van der Waals surface area contributed by atoms with Gasteiger partial charge >= 0.3 is 0 Å². The van der Waals surface area contributed by atoms with E-state index in [2.05, 4.69) is 9.80 Å². The molecule has 3 rings (SSSR count). The Labute approximate surface area is 134 Å². The molecule has 0 N–H and O–H groups in total. The van der Waals surface area contributed by atoms with Crippen molar-refractivity contribution in [3.63, 3.8) is 0 Å². The summed E-state index contributed by atoms with van der Waals surface area (Å²) in [5, 5.41) is 0. The Morgan fingerprint density at radius 3 is 2.55 bits per heavy atom. The molecule has 2 heterocycles. The van der Waals surface area contributed by atoms with Gasteiger partial charge in [-0.25, -0.2) is 8.42 Å². The molecule has 0 aromatic rings. The summed E-state index contributed by atoms with van der Waals surface area (Å²) < 4.78 is 22.7. The van der Waals surface area contributed by atoms with Gasteiger partial charge in [-0.1, -0.05) is 12.8 Å². The number of carbonyl (C=O) groups is 1. The predicted octanol–water partition coefficient (Wildman–Crippen LogP) is 1.29. The predicted molar refractivity (Wildman–Crippen MR) is 86.4 cm³/mol. The van der Waals surface area contributed by atoms with Crippen molar-refractivity contribution in [1.29, 1.82) is 0 Å². The van der Waals surface area contributed by atoms with Crippen LogP contribution in [0.15, 0.2) is 0 Å². The lowest BCUT2D eigenvalue weighted by molar-refractivity contribution is -0.148. The number of rotatable bonds is 4. The average molecular weight is 328 g/mol. The molecule has 0 aromatic heterocycles. The van der Waals surface area contributed by atoms with Crippen LogP contribution in [-0.2, 0) is 14.6 Å². The van der Waals surface area contributed by atoms with Crippen molar-refractivity contribution in [2.24, 2.45) is 5.41 Å². The van der Waals surface area contributed by atoms with E-state index in [9.17, 15) is 13.2 Å². The molecule has 3 fully saturated rings. The maximum atomic E-state index is 13.1. The fraction of sp³-hybridized carbons (Fsp3) is 0.938. The summed E-state index contributed by atoms with van der Waals surface area (Å²) in [6.45, 7) is 3.11. The maximum Gasteiger partial charge on any atom is 0.230 e. The van der Waals surface area contributed by atoms with Crippen LogP contribution in [0, 0.1) is 5.41 Å².